The molecule has 1 saturated heterocycles. The summed E-state index contributed by atoms with van der Waals surface area (Å²) in [6, 6.07) is 14.1. The van der Waals surface area contributed by atoms with Crippen LogP contribution < -0.4 is 9.47 Å². The highest BCUT2D eigenvalue weighted by Crippen LogP contribution is 2.39. The van der Waals surface area contributed by atoms with Crippen LogP contribution in [0.3, 0.4) is 0 Å². The molecule has 2 aliphatic rings. The molecule has 4 rings (SSSR count). The van der Waals surface area contributed by atoms with E-state index < -0.39 is 0 Å². The molecule has 2 unspecified atom stereocenters. The van der Waals surface area contributed by atoms with Crippen LogP contribution in [0.15, 0.2) is 58.9 Å². The maximum atomic E-state index is 6.15. The quantitative estimate of drug-likeness (QED) is 0.784. The first-order valence-corrected chi connectivity index (χ1v) is 8.84. The van der Waals surface area contributed by atoms with Crippen LogP contribution in [0.1, 0.15) is 29.2 Å². The third kappa shape index (κ3) is 3.35. The van der Waals surface area contributed by atoms with Crippen molar-refractivity contribution in [2.45, 2.75) is 25.5 Å². The van der Waals surface area contributed by atoms with Crippen molar-refractivity contribution < 1.29 is 14.2 Å². The SMILES string of the molecule is COc1ccc(C2N=NC=C2c2ccc(C)c(OC3CCOC3)c2)cc1. The van der Waals surface area contributed by atoms with E-state index in [0.717, 1.165) is 46.8 Å². The minimum Gasteiger partial charge on any atom is -0.497 e. The Morgan fingerprint density at radius 3 is 2.69 bits per heavy atom. The van der Waals surface area contributed by atoms with E-state index in [1.165, 1.54) is 0 Å². The highest BCUT2D eigenvalue weighted by molar-refractivity contribution is 5.73. The number of nitrogens with zero attached hydrogens (tertiary/aromatic N) is 2. The van der Waals surface area contributed by atoms with E-state index in [9.17, 15) is 0 Å². The van der Waals surface area contributed by atoms with E-state index in [0.29, 0.717) is 6.61 Å². The zero-order valence-electron chi connectivity index (χ0n) is 15.0. The molecule has 0 amide bonds. The van der Waals surface area contributed by atoms with Crippen molar-refractivity contribution in [3.05, 3.63) is 65.4 Å². The molecule has 0 N–H and O–H groups in total. The molecule has 2 aromatic rings. The number of hydrogen-bond acceptors (Lipinski definition) is 5. The Balaban J connectivity index is 1.59. The van der Waals surface area contributed by atoms with Gasteiger partial charge in [0.15, 0.2) is 0 Å². The van der Waals surface area contributed by atoms with Gasteiger partial charge in [-0.15, -0.1) is 0 Å². The highest BCUT2D eigenvalue weighted by atomic mass is 16.5. The Hall–Kier alpha value is -2.66. The van der Waals surface area contributed by atoms with Crippen molar-refractivity contribution >= 4 is 5.57 Å². The molecule has 2 aliphatic heterocycles. The maximum Gasteiger partial charge on any atom is 0.124 e. The molecule has 2 aromatic carbocycles. The minimum absolute atomic E-state index is 0.105. The second-order valence-electron chi connectivity index (χ2n) is 6.57. The van der Waals surface area contributed by atoms with Crippen LogP contribution in [0.2, 0.25) is 0 Å². The molecule has 2 atom stereocenters. The largest absolute Gasteiger partial charge is 0.497 e. The number of methoxy groups -OCH3 is 1. The normalized spacial score (nSPS) is 21.7. The van der Waals surface area contributed by atoms with E-state index in [1.807, 2.05) is 30.5 Å². The van der Waals surface area contributed by atoms with Crippen LogP contribution in [0.5, 0.6) is 11.5 Å². The smallest absolute Gasteiger partial charge is 0.124 e. The zero-order chi connectivity index (χ0) is 17.9. The van der Waals surface area contributed by atoms with Gasteiger partial charge < -0.3 is 14.2 Å². The van der Waals surface area contributed by atoms with Gasteiger partial charge in [-0.2, -0.15) is 10.2 Å². The molecule has 0 spiro atoms. The fourth-order valence-electron chi connectivity index (χ4n) is 3.25. The number of rotatable bonds is 5. The summed E-state index contributed by atoms with van der Waals surface area (Å²) in [5.41, 5.74) is 4.36. The van der Waals surface area contributed by atoms with Crippen LogP contribution in [0.4, 0.5) is 0 Å². The summed E-state index contributed by atoms with van der Waals surface area (Å²) in [5, 5.41) is 8.57. The van der Waals surface area contributed by atoms with E-state index in [4.69, 9.17) is 14.2 Å². The summed E-state index contributed by atoms with van der Waals surface area (Å²) in [4.78, 5) is 0. The zero-order valence-corrected chi connectivity index (χ0v) is 15.0. The molecule has 2 heterocycles. The standard InChI is InChI=1S/C21H22N2O3/c1-14-3-4-16(11-20(14)26-18-9-10-25-13-18)19-12-22-23-21(19)15-5-7-17(24-2)8-6-15/h3-8,11-12,18,21H,9-10,13H2,1-2H3. The van der Waals surface area contributed by atoms with E-state index in [-0.39, 0.29) is 12.1 Å². The Labute approximate surface area is 153 Å². The van der Waals surface area contributed by atoms with E-state index in [2.05, 4.69) is 35.4 Å². The lowest BCUT2D eigenvalue weighted by Crippen LogP contribution is -2.16. The number of benzene rings is 2. The van der Waals surface area contributed by atoms with Gasteiger partial charge in [0.05, 0.1) is 26.5 Å². The van der Waals surface area contributed by atoms with Crippen molar-refractivity contribution in [2.24, 2.45) is 10.2 Å². The molecular formula is C21H22N2O3. The van der Waals surface area contributed by atoms with Crippen LogP contribution in [-0.2, 0) is 4.74 Å². The van der Waals surface area contributed by atoms with E-state index >= 15 is 0 Å². The number of hydrogen-bond donors (Lipinski definition) is 0. The van der Waals surface area contributed by atoms with Crippen molar-refractivity contribution in [1.29, 1.82) is 0 Å². The minimum atomic E-state index is -0.105. The summed E-state index contributed by atoms with van der Waals surface area (Å²) in [5.74, 6) is 1.73. The van der Waals surface area contributed by atoms with Gasteiger partial charge in [-0.1, -0.05) is 24.3 Å². The van der Waals surface area contributed by atoms with Crippen LogP contribution >= 0.6 is 0 Å². The summed E-state index contributed by atoms with van der Waals surface area (Å²) >= 11 is 0. The molecule has 1 fully saturated rings. The molecule has 134 valence electrons. The van der Waals surface area contributed by atoms with Gasteiger partial charge in [-0.3, -0.25) is 0 Å². The second-order valence-corrected chi connectivity index (χ2v) is 6.57. The maximum absolute atomic E-state index is 6.15. The van der Waals surface area contributed by atoms with E-state index in [1.54, 1.807) is 7.11 Å². The molecule has 5 heteroatoms. The third-order valence-electron chi connectivity index (χ3n) is 4.81. The monoisotopic (exact) mass is 350 g/mol. The Morgan fingerprint density at radius 2 is 1.96 bits per heavy atom. The van der Waals surface area contributed by atoms with Crippen molar-refractivity contribution in [2.75, 3.05) is 20.3 Å². The molecule has 0 radical (unpaired) electrons. The summed E-state index contributed by atoms with van der Waals surface area (Å²) < 4.78 is 16.8. The van der Waals surface area contributed by atoms with Crippen molar-refractivity contribution in [3.8, 4) is 11.5 Å². The number of aryl methyl sites for hydroxylation is 1. The number of azo groups is 1. The summed E-state index contributed by atoms with van der Waals surface area (Å²) in [6.45, 7) is 3.49. The van der Waals surface area contributed by atoms with Crippen molar-refractivity contribution in [3.63, 3.8) is 0 Å². The van der Waals surface area contributed by atoms with Gasteiger partial charge >= 0.3 is 0 Å². The molecule has 0 aromatic heterocycles. The molecule has 0 aliphatic carbocycles. The lowest BCUT2D eigenvalue weighted by atomic mass is 9.94. The highest BCUT2D eigenvalue weighted by Gasteiger charge is 2.23. The number of ether oxygens (including phenoxy) is 3. The Kier molecular flexibility index (Phi) is 4.71. The van der Waals surface area contributed by atoms with Crippen LogP contribution in [-0.4, -0.2) is 26.4 Å². The van der Waals surface area contributed by atoms with Gasteiger partial charge in [-0.25, -0.2) is 0 Å². The fourth-order valence-corrected chi connectivity index (χ4v) is 3.25. The van der Waals surface area contributed by atoms with Crippen molar-refractivity contribution in [1.82, 2.24) is 0 Å². The summed E-state index contributed by atoms with van der Waals surface area (Å²) in [6.07, 6.45) is 2.90. The van der Waals surface area contributed by atoms with Gasteiger partial charge in [0, 0.05) is 12.0 Å². The predicted molar refractivity (Wildman–Crippen MR) is 99.6 cm³/mol. The average Bonchev–Trinajstić information content (AvgIpc) is 3.35. The molecule has 5 nitrogen and oxygen atoms in total. The third-order valence-corrected chi connectivity index (χ3v) is 4.81. The second kappa shape index (κ2) is 7.30. The average molecular weight is 350 g/mol. The van der Waals surface area contributed by atoms with Gasteiger partial charge in [-0.05, 0) is 41.8 Å². The topological polar surface area (TPSA) is 52.4 Å². The lowest BCUT2D eigenvalue weighted by molar-refractivity contribution is 0.141. The summed E-state index contributed by atoms with van der Waals surface area (Å²) in [7, 11) is 1.67. The van der Waals surface area contributed by atoms with Crippen LogP contribution in [0, 0.1) is 6.92 Å². The first-order chi connectivity index (χ1) is 12.7. The predicted octanol–water partition coefficient (Wildman–Crippen LogP) is 4.72. The Morgan fingerprint density at radius 1 is 1.12 bits per heavy atom. The first kappa shape index (κ1) is 16.8. The van der Waals surface area contributed by atoms with Gasteiger partial charge in [0.1, 0.15) is 23.6 Å². The van der Waals surface area contributed by atoms with Gasteiger partial charge in [0.25, 0.3) is 0 Å². The Bertz CT molecular complexity index is 837. The molecule has 0 bridgehead atoms. The van der Waals surface area contributed by atoms with Gasteiger partial charge in [0.2, 0.25) is 0 Å². The lowest BCUT2D eigenvalue weighted by Gasteiger charge is -2.17. The van der Waals surface area contributed by atoms with Crippen LogP contribution in [0.25, 0.3) is 5.57 Å². The molecule has 26 heavy (non-hydrogen) atoms. The first-order valence-electron chi connectivity index (χ1n) is 8.84. The molecule has 0 saturated carbocycles. The fraction of sp³-hybridized carbons (Fsp3) is 0.333. The molecular weight excluding hydrogens is 328 g/mol.